The normalized spacial score (nSPS) is 12.5. The summed E-state index contributed by atoms with van der Waals surface area (Å²) >= 11 is 0. The summed E-state index contributed by atoms with van der Waals surface area (Å²) in [6.45, 7) is 4.91. The highest BCUT2D eigenvalue weighted by Gasteiger charge is 2.01. The predicted molar refractivity (Wildman–Crippen MR) is 55.1 cm³/mol. The fourth-order valence-corrected chi connectivity index (χ4v) is 1.19. The van der Waals surface area contributed by atoms with Crippen molar-refractivity contribution in [2.24, 2.45) is 18.7 Å². The second-order valence-corrected chi connectivity index (χ2v) is 3.53. The molecule has 1 aromatic rings. The van der Waals surface area contributed by atoms with E-state index in [0.717, 1.165) is 5.56 Å². The molecule has 0 amide bonds. The van der Waals surface area contributed by atoms with Gasteiger partial charge in [-0.1, -0.05) is 25.5 Å². The van der Waals surface area contributed by atoms with Crippen molar-refractivity contribution >= 4 is 6.08 Å². The van der Waals surface area contributed by atoms with E-state index in [2.05, 4.69) is 25.0 Å². The van der Waals surface area contributed by atoms with E-state index in [0.29, 0.717) is 12.5 Å². The van der Waals surface area contributed by atoms with Gasteiger partial charge in [0.05, 0.1) is 6.20 Å². The molecule has 0 aliphatic rings. The van der Waals surface area contributed by atoms with Crippen LogP contribution in [0.25, 0.3) is 6.08 Å². The van der Waals surface area contributed by atoms with Crippen LogP contribution in [-0.2, 0) is 7.05 Å². The number of aryl methyl sites for hydroxylation is 1. The molecule has 13 heavy (non-hydrogen) atoms. The highest BCUT2D eigenvalue weighted by Crippen LogP contribution is 2.12. The first-order chi connectivity index (χ1) is 6.13. The van der Waals surface area contributed by atoms with E-state index >= 15 is 0 Å². The summed E-state index contributed by atoms with van der Waals surface area (Å²) in [5.74, 6) is 0.505. The Morgan fingerprint density at radius 1 is 1.69 bits per heavy atom. The lowest BCUT2D eigenvalue weighted by Crippen LogP contribution is -2.07. The molecule has 2 N–H and O–H groups in total. The van der Waals surface area contributed by atoms with Crippen LogP contribution in [0, 0.1) is 5.92 Å². The van der Waals surface area contributed by atoms with Crippen molar-refractivity contribution in [3.63, 3.8) is 0 Å². The molecule has 1 rings (SSSR count). The van der Waals surface area contributed by atoms with E-state index < -0.39 is 0 Å². The van der Waals surface area contributed by atoms with Crippen molar-refractivity contribution in [2.75, 3.05) is 6.54 Å². The molecule has 72 valence electrons. The third-order valence-corrected chi connectivity index (χ3v) is 2.05. The quantitative estimate of drug-likeness (QED) is 0.762. The molecule has 1 aromatic heterocycles. The van der Waals surface area contributed by atoms with Crippen LogP contribution in [0.4, 0.5) is 0 Å². The highest BCUT2D eigenvalue weighted by molar-refractivity contribution is 5.51. The molecule has 0 saturated carbocycles. The van der Waals surface area contributed by atoms with Crippen LogP contribution in [0.15, 0.2) is 18.0 Å². The van der Waals surface area contributed by atoms with Crippen molar-refractivity contribution in [3.05, 3.63) is 23.5 Å². The first-order valence-electron chi connectivity index (χ1n) is 4.52. The minimum Gasteiger partial charge on any atom is -0.327 e. The number of nitrogens with zero attached hydrogens (tertiary/aromatic N) is 2. The van der Waals surface area contributed by atoms with Gasteiger partial charge in [0.2, 0.25) is 0 Å². The van der Waals surface area contributed by atoms with Crippen LogP contribution in [0.1, 0.15) is 19.4 Å². The zero-order valence-corrected chi connectivity index (χ0v) is 8.49. The summed E-state index contributed by atoms with van der Waals surface area (Å²) in [5, 5.41) is 4.09. The van der Waals surface area contributed by atoms with Crippen molar-refractivity contribution < 1.29 is 0 Å². The van der Waals surface area contributed by atoms with Gasteiger partial charge in [-0.2, -0.15) is 5.10 Å². The van der Waals surface area contributed by atoms with Crippen molar-refractivity contribution in [2.45, 2.75) is 13.8 Å². The lowest BCUT2D eigenvalue weighted by atomic mass is 10.0. The molecule has 0 aromatic carbocycles. The summed E-state index contributed by atoms with van der Waals surface area (Å²) < 4.78 is 1.79. The van der Waals surface area contributed by atoms with Gasteiger partial charge in [-0.25, -0.2) is 0 Å². The van der Waals surface area contributed by atoms with E-state index in [1.807, 2.05) is 19.4 Å². The van der Waals surface area contributed by atoms with Gasteiger partial charge in [0, 0.05) is 25.4 Å². The number of aromatic nitrogens is 2. The maximum Gasteiger partial charge on any atom is 0.0562 e. The molecule has 3 nitrogen and oxygen atoms in total. The van der Waals surface area contributed by atoms with Crippen molar-refractivity contribution in [3.8, 4) is 0 Å². The van der Waals surface area contributed by atoms with Gasteiger partial charge in [0.25, 0.3) is 0 Å². The molecule has 0 bridgehead atoms. The Balaban J connectivity index is 2.84. The molecule has 0 radical (unpaired) electrons. The SMILES string of the molecule is CC(C)C(=Cc1cnn(C)c1)CN. The van der Waals surface area contributed by atoms with Gasteiger partial charge in [-0.3, -0.25) is 4.68 Å². The van der Waals surface area contributed by atoms with Gasteiger partial charge in [-0.05, 0) is 5.92 Å². The van der Waals surface area contributed by atoms with Crippen molar-refractivity contribution in [1.82, 2.24) is 9.78 Å². The Kier molecular flexibility index (Phi) is 3.25. The zero-order valence-electron chi connectivity index (χ0n) is 8.49. The van der Waals surface area contributed by atoms with Crippen LogP contribution in [0.2, 0.25) is 0 Å². The van der Waals surface area contributed by atoms with Crippen LogP contribution >= 0.6 is 0 Å². The number of hydrogen-bond donors (Lipinski definition) is 1. The van der Waals surface area contributed by atoms with Gasteiger partial charge in [0.15, 0.2) is 0 Å². The Morgan fingerprint density at radius 2 is 2.38 bits per heavy atom. The fourth-order valence-electron chi connectivity index (χ4n) is 1.19. The average molecular weight is 179 g/mol. The minimum absolute atomic E-state index is 0.505. The zero-order chi connectivity index (χ0) is 9.84. The van der Waals surface area contributed by atoms with E-state index in [1.165, 1.54) is 5.57 Å². The summed E-state index contributed by atoms with van der Waals surface area (Å²) in [7, 11) is 1.91. The molecule has 0 fully saturated rings. The molecule has 0 aliphatic carbocycles. The predicted octanol–water partition coefficient (Wildman–Crippen LogP) is 1.42. The van der Waals surface area contributed by atoms with E-state index in [1.54, 1.807) is 4.68 Å². The summed E-state index contributed by atoms with van der Waals surface area (Å²) in [5.41, 5.74) is 8.01. The number of hydrogen-bond acceptors (Lipinski definition) is 2. The molecular weight excluding hydrogens is 162 g/mol. The second-order valence-electron chi connectivity index (χ2n) is 3.53. The van der Waals surface area contributed by atoms with Crippen molar-refractivity contribution in [1.29, 1.82) is 0 Å². The van der Waals surface area contributed by atoms with Crippen LogP contribution in [0.5, 0.6) is 0 Å². The Hall–Kier alpha value is -1.09. The van der Waals surface area contributed by atoms with Gasteiger partial charge >= 0.3 is 0 Å². The largest absolute Gasteiger partial charge is 0.327 e. The fraction of sp³-hybridized carbons (Fsp3) is 0.500. The van der Waals surface area contributed by atoms with Crippen LogP contribution < -0.4 is 5.73 Å². The van der Waals surface area contributed by atoms with E-state index in [4.69, 9.17) is 5.73 Å². The van der Waals surface area contributed by atoms with E-state index in [9.17, 15) is 0 Å². The smallest absolute Gasteiger partial charge is 0.0562 e. The first kappa shape index (κ1) is 9.99. The molecule has 1 heterocycles. The summed E-state index contributed by atoms with van der Waals surface area (Å²) in [6.07, 6.45) is 5.94. The Bertz CT molecular complexity index is 297. The molecule has 0 saturated heterocycles. The number of nitrogens with two attached hydrogens (primary N) is 1. The molecule has 0 spiro atoms. The third-order valence-electron chi connectivity index (χ3n) is 2.05. The van der Waals surface area contributed by atoms with Gasteiger partial charge in [0.1, 0.15) is 0 Å². The lowest BCUT2D eigenvalue weighted by Gasteiger charge is -2.07. The highest BCUT2D eigenvalue weighted by atomic mass is 15.2. The van der Waals surface area contributed by atoms with Gasteiger partial charge in [-0.15, -0.1) is 0 Å². The van der Waals surface area contributed by atoms with Crippen LogP contribution in [-0.4, -0.2) is 16.3 Å². The average Bonchev–Trinajstić information content (AvgIpc) is 2.46. The number of rotatable bonds is 3. The Morgan fingerprint density at radius 3 is 2.77 bits per heavy atom. The minimum atomic E-state index is 0.505. The molecular formula is C10H17N3. The summed E-state index contributed by atoms with van der Waals surface area (Å²) in [4.78, 5) is 0. The van der Waals surface area contributed by atoms with E-state index in [-0.39, 0.29) is 0 Å². The maximum atomic E-state index is 5.63. The monoisotopic (exact) mass is 179 g/mol. The Labute approximate surface area is 79.2 Å². The molecule has 3 heteroatoms. The third kappa shape index (κ3) is 2.70. The molecule has 0 aliphatic heterocycles. The lowest BCUT2D eigenvalue weighted by molar-refractivity contribution is 0.752. The second kappa shape index (κ2) is 4.23. The molecule has 0 atom stereocenters. The topological polar surface area (TPSA) is 43.8 Å². The first-order valence-corrected chi connectivity index (χ1v) is 4.52. The van der Waals surface area contributed by atoms with Crippen LogP contribution in [0.3, 0.4) is 0 Å². The molecule has 0 unspecified atom stereocenters. The van der Waals surface area contributed by atoms with Gasteiger partial charge < -0.3 is 5.73 Å². The summed E-state index contributed by atoms with van der Waals surface area (Å²) in [6, 6.07) is 0. The maximum absolute atomic E-state index is 5.63. The standard InChI is InChI=1S/C10H17N3/c1-8(2)10(5-11)4-9-6-12-13(3)7-9/h4,6-8H,5,11H2,1-3H3.